The highest BCUT2D eigenvalue weighted by molar-refractivity contribution is 8.26. The third-order valence-electron chi connectivity index (χ3n) is 6.13. The van der Waals surface area contributed by atoms with Crippen molar-refractivity contribution in [3.63, 3.8) is 0 Å². The molecular formula is C31H31N7O2S3. The zero-order valence-electron chi connectivity index (χ0n) is 23.3. The van der Waals surface area contributed by atoms with Crippen molar-refractivity contribution in [3.8, 4) is 0 Å². The molecule has 1 amide bonds. The summed E-state index contributed by atoms with van der Waals surface area (Å²) in [6.45, 7) is 0. The molecule has 0 atom stereocenters. The van der Waals surface area contributed by atoms with Gasteiger partial charge < -0.3 is 5.32 Å². The number of nitrogens with zero attached hydrogens (tertiary/aromatic N) is 2. The molecule has 0 bridgehead atoms. The lowest BCUT2D eigenvalue weighted by atomic mass is 10.0. The Hall–Kier alpha value is -3.87. The van der Waals surface area contributed by atoms with Gasteiger partial charge in [-0.25, -0.2) is 0 Å². The van der Waals surface area contributed by atoms with Crippen molar-refractivity contribution in [2.24, 2.45) is 0 Å². The molecule has 0 aliphatic carbocycles. The fourth-order valence-electron chi connectivity index (χ4n) is 4.16. The standard InChI is InChI=1S/C31H31N7O2S3/c32-27(42-29(34)19-24(39)17-20-5-7-25-22(15-20)3-1-11-36-25)9-13-41-14-10-28(33)43-31(35)38-30(40)18-21-6-8-26-23(16-21)4-2-12-37-26/h1-8,11-12,15-16,32-34H,9-10,13-14,17-19H2,(H2,35,38,40). The van der Waals surface area contributed by atoms with Crippen molar-refractivity contribution in [3.05, 3.63) is 84.2 Å². The van der Waals surface area contributed by atoms with E-state index in [4.69, 9.17) is 21.6 Å². The summed E-state index contributed by atoms with van der Waals surface area (Å²) < 4.78 is 0. The molecule has 0 aliphatic heterocycles. The van der Waals surface area contributed by atoms with E-state index in [1.807, 2.05) is 60.7 Å². The summed E-state index contributed by atoms with van der Waals surface area (Å²) in [7, 11) is 0. The summed E-state index contributed by atoms with van der Waals surface area (Å²) in [5.41, 5.74) is 3.44. The topological polar surface area (TPSA) is 167 Å². The van der Waals surface area contributed by atoms with Crippen LogP contribution in [0.2, 0.25) is 0 Å². The van der Waals surface area contributed by atoms with E-state index in [-0.39, 0.29) is 46.2 Å². The molecule has 0 fully saturated rings. The summed E-state index contributed by atoms with van der Waals surface area (Å²) in [6.07, 6.45) is 4.74. The van der Waals surface area contributed by atoms with Crippen LogP contribution in [-0.2, 0) is 22.4 Å². The van der Waals surface area contributed by atoms with Gasteiger partial charge in [0.2, 0.25) is 5.91 Å². The van der Waals surface area contributed by atoms with Gasteiger partial charge in [0, 0.05) is 42.4 Å². The number of Topliss-reactive ketones (excluding diaryl/α,β-unsaturated/α-hetero) is 1. The first-order chi connectivity index (χ1) is 20.7. The minimum absolute atomic E-state index is 0.00187. The predicted octanol–water partition coefficient (Wildman–Crippen LogP) is 6.49. The number of pyridine rings is 2. The highest BCUT2D eigenvalue weighted by Gasteiger charge is 2.12. The zero-order valence-corrected chi connectivity index (χ0v) is 25.8. The molecule has 0 spiro atoms. The van der Waals surface area contributed by atoms with E-state index in [0.29, 0.717) is 29.4 Å². The van der Waals surface area contributed by atoms with Crippen LogP contribution in [0.4, 0.5) is 0 Å². The Morgan fingerprint density at radius 1 is 0.698 bits per heavy atom. The fraction of sp³-hybridized carbons (Fsp3) is 0.226. The van der Waals surface area contributed by atoms with Gasteiger partial charge in [-0.3, -0.25) is 41.2 Å². The Labute approximate surface area is 262 Å². The number of rotatable bonds is 12. The largest absolute Gasteiger partial charge is 0.305 e. The van der Waals surface area contributed by atoms with Crippen LogP contribution >= 0.6 is 35.3 Å². The highest BCUT2D eigenvalue weighted by Crippen LogP contribution is 2.18. The number of aromatic nitrogens is 2. The van der Waals surface area contributed by atoms with Gasteiger partial charge in [0.15, 0.2) is 5.17 Å². The third kappa shape index (κ3) is 10.7. The number of hydrogen-bond acceptors (Lipinski definition) is 11. The Morgan fingerprint density at radius 3 is 1.86 bits per heavy atom. The van der Waals surface area contributed by atoms with Gasteiger partial charge in [0.05, 0.1) is 39.0 Å². The van der Waals surface area contributed by atoms with Crippen molar-refractivity contribution in [1.29, 1.82) is 21.6 Å². The lowest BCUT2D eigenvalue weighted by Gasteiger charge is -2.08. The van der Waals surface area contributed by atoms with Crippen molar-refractivity contribution in [2.45, 2.75) is 32.1 Å². The van der Waals surface area contributed by atoms with Crippen LogP contribution in [0, 0.1) is 21.6 Å². The summed E-state index contributed by atoms with van der Waals surface area (Å²) in [5, 5.41) is 37.6. The maximum Gasteiger partial charge on any atom is 0.230 e. The van der Waals surface area contributed by atoms with E-state index in [0.717, 1.165) is 56.5 Å². The molecule has 220 valence electrons. The Morgan fingerprint density at radius 2 is 1.26 bits per heavy atom. The van der Waals surface area contributed by atoms with Crippen LogP contribution in [0.15, 0.2) is 73.1 Å². The van der Waals surface area contributed by atoms with E-state index in [9.17, 15) is 9.59 Å². The number of benzene rings is 2. The van der Waals surface area contributed by atoms with E-state index in [1.165, 1.54) is 0 Å². The SMILES string of the molecule is N=C(CCSCCC(=N)SC(=N)NC(=O)Cc1ccc2ncccc2c1)SC(=N)CC(=O)Cc1ccc2ncccc2c1. The number of hydrogen-bond donors (Lipinski definition) is 5. The molecule has 9 nitrogen and oxygen atoms in total. The van der Waals surface area contributed by atoms with Crippen LogP contribution < -0.4 is 5.32 Å². The molecule has 2 aromatic heterocycles. The first-order valence-corrected chi connectivity index (χ1v) is 16.3. The Kier molecular flexibility index (Phi) is 12.0. The fourth-order valence-corrected chi connectivity index (χ4v) is 6.67. The molecule has 0 saturated heterocycles. The molecule has 43 heavy (non-hydrogen) atoms. The van der Waals surface area contributed by atoms with Gasteiger partial charge in [0.1, 0.15) is 5.78 Å². The number of amidine groups is 1. The number of ketones is 1. The van der Waals surface area contributed by atoms with Crippen molar-refractivity contribution < 1.29 is 9.59 Å². The van der Waals surface area contributed by atoms with Crippen molar-refractivity contribution in [1.82, 2.24) is 15.3 Å². The van der Waals surface area contributed by atoms with E-state index >= 15 is 0 Å². The van der Waals surface area contributed by atoms with Gasteiger partial charge in [-0.05, 0) is 70.8 Å². The average Bonchev–Trinajstić information content (AvgIpc) is 2.96. The highest BCUT2D eigenvalue weighted by atomic mass is 32.2. The van der Waals surface area contributed by atoms with Gasteiger partial charge in [-0.15, -0.1) is 0 Å². The minimum Gasteiger partial charge on any atom is -0.305 e. The average molecular weight is 630 g/mol. The van der Waals surface area contributed by atoms with Gasteiger partial charge in [0.25, 0.3) is 0 Å². The van der Waals surface area contributed by atoms with Crippen LogP contribution in [0.1, 0.15) is 30.4 Å². The van der Waals surface area contributed by atoms with Crippen LogP contribution in [0.3, 0.4) is 0 Å². The van der Waals surface area contributed by atoms with Gasteiger partial charge in [-0.1, -0.05) is 36.0 Å². The smallest absolute Gasteiger partial charge is 0.230 e. The molecule has 0 saturated carbocycles. The number of nitrogens with one attached hydrogen (secondary N) is 5. The molecule has 4 aromatic rings. The maximum absolute atomic E-state index is 12.5. The first kappa shape index (κ1) is 32.1. The molecule has 0 aliphatic rings. The molecule has 2 heterocycles. The second kappa shape index (κ2) is 16.1. The third-order valence-corrected chi connectivity index (χ3v) is 8.71. The molecule has 0 unspecified atom stereocenters. The zero-order chi connectivity index (χ0) is 30.6. The van der Waals surface area contributed by atoms with Crippen LogP contribution in [0.25, 0.3) is 21.8 Å². The normalized spacial score (nSPS) is 10.9. The maximum atomic E-state index is 12.5. The van der Waals surface area contributed by atoms with Crippen LogP contribution in [-0.4, -0.2) is 53.5 Å². The van der Waals surface area contributed by atoms with Gasteiger partial charge in [-0.2, -0.15) is 11.8 Å². The predicted molar refractivity (Wildman–Crippen MR) is 181 cm³/mol. The molecule has 0 radical (unpaired) electrons. The quantitative estimate of drug-likeness (QED) is 0.0678. The summed E-state index contributed by atoms with van der Waals surface area (Å²) in [6, 6.07) is 18.9. The molecular weight excluding hydrogens is 599 g/mol. The second-order valence-corrected chi connectivity index (χ2v) is 13.1. The van der Waals surface area contributed by atoms with Gasteiger partial charge >= 0.3 is 0 Å². The summed E-state index contributed by atoms with van der Waals surface area (Å²) >= 11 is 3.53. The minimum atomic E-state index is -0.308. The van der Waals surface area contributed by atoms with E-state index in [1.54, 1.807) is 24.2 Å². The molecule has 2 aromatic carbocycles. The number of fused-ring (bicyclic) bond motifs is 2. The second-order valence-electron chi connectivity index (χ2n) is 9.59. The number of thioether (sulfide) groups is 3. The lowest BCUT2D eigenvalue weighted by Crippen LogP contribution is -2.29. The Balaban J connectivity index is 1.05. The molecule has 4 rings (SSSR count). The number of carbonyl (C=O) groups is 2. The summed E-state index contributed by atoms with van der Waals surface area (Å²) in [4.78, 5) is 33.4. The van der Waals surface area contributed by atoms with E-state index < -0.39 is 0 Å². The van der Waals surface area contributed by atoms with E-state index in [2.05, 4.69) is 15.3 Å². The van der Waals surface area contributed by atoms with Crippen LogP contribution in [0.5, 0.6) is 0 Å². The van der Waals surface area contributed by atoms with Crippen molar-refractivity contribution in [2.75, 3.05) is 11.5 Å². The number of carbonyl (C=O) groups excluding carboxylic acids is 2. The monoisotopic (exact) mass is 629 g/mol. The number of amides is 1. The first-order valence-electron chi connectivity index (χ1n) is 13.5. The Bertz CT molecular complexity index is 1570. The summed E-state index contributed by atoms with van der Waals surface area (Å²) in [5.74, 6) is 0.934. The molecule has 12 heteroatoms. The molecule has 5 N–H and O–H groups in total. The van der Waals surface area contributed by atoms with Crippen molar-refractivity contribution >= 4 is 89.1 Å². The lowest BCUT2D eigenvalue weighted by molar-refractivity contribution is -0.119.